The molecule has 0 bridgehead atoms. The molecule has 0 N–H and O–H groups in total. The van der Waals surface area contributed by atoms with E-state index in [9.17, 15) is 0 Å². The summed E-state index contributed by atoms with van der Waals surface area (Å²) in [5.74, 6) is 0. The van der Waals surface area contributed by atoms with E-state index in [2.05, 4.69) is 204 Å². The lowest BCUT2D eigenvalue weighted by molar-refractivity contribution is 0.669. The van der Waals surface area contributed by atoms with Crippen molar-refractivity contribution in [2.75, 3.05) is 9.80 Å². The number of fused-ring (bicyclic) bond motifs is 8. The first-order valence-corrected chi connectivity index (χ1v) is 19.7. The summed E-state index contributed by atoms with van der Waals surface area (Å²) in [6.45, 7) is 0. The molecule has 3 nitrogen and oxygen atoms in total. The van der Waals surface area contributed by atoms with Gasteiger partial charge in [0, 0.05) is 65.4 Å². The van der Waals surface area contributed by atoms with Gasteiger partial charge in [-0.25, -0.2) is 0 Å². The average Bonchev–Trinajstić information content (AvgIpc) is 3.84. The summed E-state index contributed by atoms with van der Waals surface area (Å²) in [6, 6.07) is 73.9. The molecule has 0 aliphatic carbocycles. The molecule has 0 fully saturated rings. The predicted octanol–water partition coefficient (Wildman–Crippen LogP) is 15.7. The Morgan fingerprint density at radius 1 is 0.357 bits per heavy atom. The summed E-state index contributed by atoms with van der Waals surface area (Å²) < 4.78 is 9.03. The molecule has 9 aromatic carbocycles. The highest BCUT2D eigenvalue weighted by atomic mass is 32.1. The van der Waals surface area contributed by atoms with Crippen molar-refractivity contribution >= 4 is 98.3 Å². The van der Waals surface area contributed by atoms with Crippen LogP contribution in [-0.4, -0.2) is 0 Å². The van der Waals surface area contributed by atoms with Crippen LogP contribution in [0, 0.1) is 0 Å². The highest BCUT2D eigenvalue weighted by molar-refractivity contribution is 7.26. The molecule has 0 saturated heterocycles. The van der Waals surface area contributed by atoms with E-state index < -0.39 is 0 Å². The largest absolute Gasteiger partial charge is 0.456 e. The molecule has 0 unspecified atom stereocenters. The summed E-state index contributed by atoms with van der Waals surface area (Å²) in [6.07, 6.45) is 0. The highest BCUT2D eigenvalue weighted by Crippen LogP contribution is 2.50. The third-order valence-corrected chi connectivity index (χ3v) is 12.0. The van der Waals surface area contributed by atoms with Crippen molar-refractivity contribution in [3.63, 3.8) is 0 Å². The molecule has 0 saturated carbocycles. The zero-order valence-corrected chi connectivity index (χ0v) is 31.2. The molecule has 4 heteroatoms. The molecule has 11 aromatic rings. The Bertz CT molecular complexity index is 3150. The van der Waals surface area contributed by atoms with Gasteiger partial charge in [-0.2, -0.15) is 0 Å². The topological polar surface area (TPSA) is 19.6 Å². The number of thiophene rings is 1. The van der Waals surface area contributed by atoms with Gasteiger partial charge in [-0.1, -0.05) is 133 Å². The van der Waals surface area contributed by atoms with Gasteiger partial charge in [0.25, 0.3) is 0 Å². The Morgan fingerprint density at radius 3 is 1.68 bits per heavy atom. The molecule has 2 aromatic heterocycles. The van der Waals surface area contributed by atoms with Gasteiger partial charge in [-0.15, -0.1) is 11.3 Å². The third kappa shape index (κ3) is 5.42. The molecule has 0 atom stereocenters. The van der Waals surface area contributed by atoms with Crippen LogP contribution < -0.4 is 9.80 Å². The van der Waals surface area contributed by atoms with Gasteiger partial charge >= 0.3 is 0 Å². The van der Waals surface area contributed by atoms with E-state index in [1.807, 2.05) is 23.5 Å². The second-order valence-electron chi connectivity index (χ2n) is 14.1. The van der Waals surface area contributed by atoms with E-state index in [0.717, 1.165) is 56.1 Å². The molecule has 264 valence electrons. The smallest absolute Gasteiger partial charge is 0.137 e. The van der Waals surface area contributed by atoms with Gasteiger partial charge in [0.1, 0.15) is 11.2 Å². The second-order valence-corrected chi connectivity index (χ2v) is 15.2. The van der Waals surface area contributed by atoms with Crippen molar-refractivity contribution in [3.05, 3.63) is 206 Å². The number of nitrogens with zero attached hydrogens (tertiary/aromatic N) is 2. The van der Waals surface area contributed by atoms with E-state index >= 15 is 0 Å². The zero-order chi connectivity index (χ0) is 37.0. The van der Waals surface area contributed by atoms with Gasteiger partial charge in [0.05, 0.1) is 5.69 Å². The van der Waals surface area contributed by atoms with Crippen molar-refractivity contribution in [1.29, 1.82) is 0 Å². The number of para-hydroxylation sites is 3. The van der Waals surface area contributed by atoms with Crippen molar-refractivity contribution < 1.29 is 4.42 Å². The van der Waals surface area contributed by atoms with Crippen LogP contribution in [0.3, 0.4) is 0 Å². The fourth-order valence-electron chi connectivity index (χ4n) is 8.22. The van der Waals surface area contributed by atoms with Crippen LogP contribution in [0.25, 0.3) is 64.0 Å². The molecule has 11 rings (SSSR count). The minimum Gasteiger partial charge on any atom is -0.456 e. The number of hydrogen-bond donors (Lipinski definition) is 0. The third-order valence-electron chi connectivity index (χ3n) is 10.8. The molecular formula is C52H34N2OS. The normalized spacial score (nSPS) is 11.6. The summed E-state index contributed by atoms with van der Waals surface area (Å²) in [7, 11) is 0. The molecule has 0 spiro atoms. The van der Waals surface area contributed by atoms with E-state index in [0.29, 0.717) is 0 Å². The van der Waals surface area contributed by atoms with Gasteiger partial charge in [0.2, 0.25) is 0 Å². The van der Waals surface area contributed by atoms with Gasteiger partial charge < -0.3 is 14.2 Å². The molecular weight excluding hydrogens is 701 g/mol. The predicted molar refractivity (Wildman–Crippen MR) is 239 cm³/mol. The molecule has 0 aliphatic heterocycles. The molecule has 0 aliphatic rings. The molecule has 2 heterocycles. The number of anilines is 6. The quantitative estimate of drug-likeness (QED) is 0.163. The zero-order valence-electron chi connectivity index (χ0n) is 30.3. The van der Waals surface area contributed by atoms with Crippen molar-refractivity contribution in [2.45, 2.75) is 0 Å². The Labute approximate surface area is 328 Å². The molecule has 0 amide bonds. The van der Waals surface area contributed by atoms with Crippen LogP contribution in [0.4, 0.5) is 34.1 Å². The second kappa shape index (κ2) is 13.3. The van der Waals surface area contributed by atoms with Crippen molar-refractivity contribution in [2.24, 2.45) is 0 Å². The summed E-state index contributed by atoms with van der Waals surface area (Å²) in [4.78, 5) is 4.79. The van der Waals surface area contributed by atoms with Crippen LogP contribution in [0.5, 0.6) is 0 Å². The van der Waals surface area contributed by atoms with Gasteiger partial charge in [-0.05, 0) is 88.6 Å². The summed E-state index contributed by atoms with van der Waals surface area (Å²) >= 11 is 1.87. The lowest BCUT2D eigenvalue weighted by atomic mass is 10.0. The van der Waals surface area contributed by atoms with Crippen LogP contribution >= 0.6 is 11.3 Å². The van der Waals surface area contributed by atoms with E-state index in [-0.39, 0.29) is 0 Å². The monoisotopic (exact) mass is 734 g/mol. The van der Waals surface area contributed by atoms with Crippen molar-refractivity contribution in [3.8, 4) is 11.1 Å². The maximum Gasteiger partial charge on any atom is 0.137 e. The molecule has 56 heavy (non-hydrogen) atoms. The fourth-order valence-corrected chi connectivity index (χ4v) is 9.51. The van der Waals surface area contributed by atoms with E-state index in [1.54, 1.807) is 0 Å². The number of rotatable bonds is 7. The average molecular weight is 735 g/mol. The SMILES string of the molecule is c1ccc(-c2ccc(N(c3ccc4c(c3)oc3ccccc34)c3cc(N(c4ccccc4)c4ccccc4)cc4sc5c6ccccc6ccc5c34)cc2)cc1. The number of furan rings is 1. The first-order valence-electron chi connectivity index (χ1n) is 18.9. The van der Waals surface area contributed by atoms with Crippen molar-refractivity contribution in [1.82, 2.24) is 0 Å². The standard InChI is InChI=1S/C52H34N2OS/c1-4-14-35(15-5-1)36-24-27-40(28-25-36)54(41-29-31-45-44-22-12-13-23-48(44)55-49(45)33-41)47-32-42(53(38-17-6-2-7-18-38)39-19-8-3-9-20-39)34-50-51(47)46-30-26-37-16-10-11-21-43(37)52(46)56-50/h1-34H. The lowest BCUT2D eigenvalue weighted by Crippen LogP contribution is -2.13. The molecule has 0 radical (unpaired) electrons. The Balaban J connectivity index is 1.22. The first kappa shape index (κ1) is 32.3. The van der Waals surface area contributed by atoms with E-state index in [4.69, 9.17) is 4.42 Å². The Morgan fingerprint density at radius 2 is 0.929 bits per heavy atom. The van der Waals surface area contributed by atoms with Crippen LogP contribution in [0.15, 0.2) is 211 Å². The lowest BCUT2D eigenvalue weighted by Gasteiger charge is -2.30. The summed E-state index contributed by atoms with van der Waals surface area (Å²) in [5, 5.41) is 7.20. The maximum atomic E-state index is 6.53. The minimum atomic E-state index is 0.860. The van der Waals surface area contributed by atoms with Crippen LogP contribution in [0.2, 0.25) is 0 Å². The Kier molecular flexibility index (Phi) is 7.68. The number of hydrogen-bond acceptors (Lipinski definition) is 4. The van der Waals surface area contributed by atoms with Crippen LogP contribution in [0.1, 0.15) is 0 Å². The summed E-state index contributed by atoms with van der Waals surface area (Å²) in [5.41, 5.74) is 10.6. The minimum absolute atomic E-state index is 0.860. The maximum absolute atomic E-state index is 6.53. The first-order chi connectivity index (χ1) is 27.8. The fraction of sp³-hybridized carbons (Fsp3) is 0. The Hall–Kier alpha value is -7.14. The van der Waals surface area contributed by atoms with Gasteiger partial charge in [-0.3, -0.25) is 0 Å². The van der Waals surface area contributed by atoms with E-state index in [1.165, 1.54) is 42.1 Å². The van der Waals surface area contributed by atoms with Gasteiger partial charge in [0.15, 0.2) is 0 Å². The number of benzene rings is 9. The van der Waals surface area contributed by atoms with Crippen LogP contribution in [-0.2, 0) is 0 Å². The highest BCUT2D eigenvalue weighted by Gasteiger charge is 2.24.